The first-order chi connectivity index (χ1) is 6.84. The highest BCUT2D eigenvalue weighted by Gasteiger charge is 2.09. The van der Waals surface area contributed by atoms with Crippen molar-refractivity contribution in [3.63, 3.8) is 0 Å². The Morgan fingerprint density at radius 1 is 1.00 bits per heavy atom. The molecule has 3 rings (SSSR count). The molecule has 1 nitrogen and oxygen atoms in total. The topological polar surface area (TPSA) is 12.9 Å². The van der Waals surface area contributed by atoms with Gasteiger partial charge in [-0.2, -0.15) is 0 Å². The van der Waals surface area contributed by atoms with Gasteiger partial charge < -0.3 is 0 Å². The molecule has 0 radical (unpaired) electrons. The third-order valence-corrected chi connectivity index (χ3v) is 3.75. The summed E-state index contributed by atoms with van der Waals surface area (Å²) >= 11 is 4.37. The third-order valence-electron chi connectivity index (χ3n) is 2.36. The zero-order valence-corrected chi connectivity index (χ0v) is 9.06. The maximum atomic E-state index is 4.44. The molecular formula is C11H8NS2+. The SMILES string of the molecule is S[s+]1cc2c(ccc3ccccc32)n1. The summed E-state index contributed by atoms with van der Waals surface area (Å²) in [5, 5.41) is 5.91. The van der Waals surface area contributed by atoms with Crippen LogP contribution in [-0.2, 0) is 0 Å². The van der Waals surface area contributed by atoms with Crippen LogP contribution in [0.4, 0.5) is 0 Å². The highest BCUT2D eigenvalue weighted by atomic mass is 33.1. The predicted octanol–water partition coefficient (Wildman–Crippen LogP) is 3.83. The van der Waals surface area contributed by atoms with Gasteiger partial charge >= 0.3 is 0 Å². The van der Waals surface area contributed by atoms with E-state index in [1.54, 1.807) is 0 Å². The number of thiol groups is 1. The molecule has 1 unspecified atom stereocenters. The van der Waals surface area contributed by atoms with Crippen molar-refractivity contribution in [1.29, 1.82) is 0 Å². The molecule has 0 saturated carbocycles. The minimum absolute atomic E-state index is 0.231. The van der Waals surface area contributed by atoms with E-state index < -0.39 is 0 Å². The van der Waals surface area contributed by atoms with Crippen LogP contribution in [0.1, 0.15) is 0 Å². The Morgan fingerprint density at radius 3 is 2.79 bits per heavy atom. The zero-order valence-electron chi connectivity index (χ0n) is 7.34. The van der Waals surface area contributed by atoms with Crippen molar-refractivity contribution in [3.8, 4) is 0 Å². The molecule has 0 N–H and O–H groups in total. The lowest BCUT2D eigenvalue weighted by atomic mass is 10.1. The van der Waals surface area contributed by atoms with E-state index in [1.807, 2.05) is 0 Å². The Labute approximate surface area is 89.3 Å². The molecule has 0 aliphatic heterocycles. The van der Waals surface area contributed by atoms with E-state index in [0.29, 0.717) is 0 Å². The van der Waals surface area contributed by atoms with Gasteiger partial charge in [0.25, 0.3) is 0 Å². The average Bonchev–Trinajstić information content (AvgIpc) is 2.59. The van der Waals surface area contributed by atoms with Gasteiger partial charge in [-0.05, 0) is 21.2 Å². The largest absolute Gasteiger partial charge is 0.186 e. The summed E-state index contributed by atoms with van der Waals surface area (Å²) in [7, 11) is -0.231. The van der Waals surface area contributed by atoms with Crippen molar-refractivity contribution in [2.24, 2.45) is 0 Å². The molecule has 0 bridgehead atoms. The van der Waals surface area contributed by atoms with Gasteiger partial charge in [0, 0.05) is 0 Å². The minimum atomic E-state index is -0.231. The molecule has 3 aromatic rings. The standard InChI is InChI=1S/C11H8NS2/c13-14-7-10-9-4-2-1-3-8(9)5-6-11(10)12-14/h1-7,13H/q+1. The second-order valence-corrected chi connectivity index (χ2v) is 5.35. The Hall–Kier alpha value is -1.06. The van der Waals surface area contributed by atoms with Crippen LogP contribution in [0.2, 0.25) is 0 Å². The molecule has 0 fully saturated rings. The Morgan fingerprint density at radius 2 is 1.86 bits per heavy atom. The van der Waals surface area contributed by atoms with Crippen molar-refractivity contribution >= 4 is 43.0 Å². The van der Waals surface area contributed by atoms with E-state index in [4.69, 9.17) is 0 Å². The fraction of sp³-hybridized carbons (Fsp3) is 0. The van der Waals surface area contributed by atoms with Gasteiger partial charge in [-0.25, -0.2) is 0 Å². The summed E-state index contributed by atoms with van der Waals surface area (Å²) in [5.41, 5.74) is 1.07. The number of hydrogen-bond donors (Lipinski definition) is 1. The van der Waals surface area contributed by atoms with E-state index >= 15 is 0 Å². The van der Waals surface area contributed by atoms with Crippen LogP contribution < -0.4 is 0 Å². The predicted molar refractivity (Wildman–Crippen MR) is 66.1 cm³/mol. The fourth-order valence-corrected chi connectivity index (χ4v) is 3.17. The van der Waals surface area contributed by atoms with Gasteiger partial charge in [0.15, 0.2) is 15.1 Å². The van der Waals surface area contributed by atoms with Crippen molar-refractivity contribution in [1.82, 2.24) is 4.37 Å². The quantitative estimate of drug-likeness (QED) is 0.344. The van der Waals surface area contributed by atoms with Crippen LogP contribution in [0.3, 0.4) is 0 Å². The normalized spacial score (nSPS) is 12.5. The highest BCUT2D eigenvalue weighted by molar-refractivity contribution is 8.32. The first-order valence-electron chi connectivity index (χ1n) is 4.35. The Kier molecular flexibility index (Phi) is 1.75. The maximum absolute atomic E-state index is 4.44. The van der Waals surface area contributed by atoms with Crippen LogP contribution >= 0.6 is 21.4 Å². The molecule has 14 heavy (non-hydrogen) atoms. The van der Waals surface area contributed by atoms with Crippen molar-refractivity contribution in [2.75, 3.05) is 0 Å². The molecule has 0 aliphatic rings. The van der Waals surface area contributed by atoms with E-state index in [1.165, 1.54) is 16.2 Å². The van der Waals surface area contributed by atoms with Gasteiger partial charge in [-0.1, -0.05) is 30.3 Å². The van der Waals surface area contributed by atoms with Crippen LogP contribution in [0, 0.1) is 0 Å². The van der Waals surface area contributed by atoms with Gasteiger partial charge in [0.05, 0.1) is 5.39 Å². The number of hydrogen-bond acceptors (Lipinski definition) is 2. The molecule has 0 aliphatic carbocycles. The lowest BCUT2D eigenvalue weighted by Crippen LogP contribution is -1.72. The summed E-state index contributed by atoms with van der Waals surface area (Å²) < 4.78 is 4.44. The fourth-order valence-electron chi connectivity index (χ4n) is 1.72. The minimum Gasteiger partial charge on any atom is -0.0616 e. The molecule has 3 heteroatoms. The molecule has 1 heterocycles. The summed E-state index contributed by atoms with van der Waals surface area (Å²) in [6, 6.07) is 12.6. The van der Waals surface area contributed by atoms with E-state index in [0.717, 1.165) is 5.52 Å². The number of benzene rings is 2. The molecule has 0 amide bonds. The molecule has 1 aromatic heterocycles. The van der Waals surface area contributed by atoms with E-state index in [-0.39, 0.29) is 9.70 Å². The smallest absolute Gasteiger partial charge is 0.0616 e. The van der Waals surface area contributed by atoms with Crippen LogP contribution in [0.15, 0.2) is 41.8 Å². The van der Waals surface area contributed by atoms with Crippen LogP contribution in [0.5, 0.6) is 0 Å². The van der Waals surface area contributed by atoms with Crippen molar-refractivity contribution < 1.29 is 0 Å². The summed E-state index contributed by atoms with van der Waals surface area (Å²) in [6.07, 6.45) is 0. The number of fused-ring (bicyclic) bond motifs is 3. The maximum Gasteiger partial charge on any atom is 0.186 e. The van der Waals surface area contributed by atoms with Gasteiger partial charge in [-0.15, -0.1) is 0 Å². The average molecular weight is 218 g/mol. The zero-order chi connectivity index (χ0) is 9.54. The molecule has 2 aromatic carbocycles. The lowest BCUT2D eigenvalue weighted by molar-refractivity contribution is 1.68. The molecule has 68 valence electrons. The summed E-state index contributed by atoms with van der Waals surface area (Å²) in [5.74, 6) is 0. The summed E-state index contributed by atoms with van der Waals surface area (Å²) in [4.78, 5) is 0. The highest BCUT2D eigenvalue weighted by Crippen LogP contribution is 2.31. The first-order valence-corrected chi connectivity index (χ1v) is 6.65. The second kappa shape index (κ2) is 2.97. The monoisotopic (exact) mass is 218 g/mol. The molecular weight excluding hydrogens is 210 g/mol. The van der Waals surface area contributed by atoms with Crippen molar-refractivity contribution in [3.05, 3.63) is 41.8 Å². The van der Waals surface area contributed by atoms with Gasteiger partial charge in [-0.3, -0.25) is 0 Å². The number of nitrogens with zero attached hydrogens (tertiary/aromatic N) is 1. The van der Waals surface area contributed by atoms with Crippen molar-refractivity contribution in [2.45, 2.75) is 0 Å². The lowest BCUT2D eigenvalue weighted by Gasteiger charge is -1.94. The molecule has 0 spiro atoms. The molecule has 0 saturated heterocycles. The van der Waals surface area contributed by atoms with E-state index in [9.17, 15) is 0 Å². The van der Waals surface area contributed by atoms with Gasteiger partial charge in [0.1, 0.15) is 17.2 Å². The van der Waals surface area contributed by atoms with Crippen LogP contribution in [-0.4, -0.2) is 4.37 Å². The molecule has 1 atom stereocenters. The first kappa shape index (κ1) is 8.26. The third kappa shape index (κ3) is 1.13. The number of rotatable bonds is 0. The van der Waals surface area contributed by atoms with E-state index in [2.05, 4.69) is 57.8 Å². The van der Waals surface area contributed by atoms with Crippen LogP contribution in [0.25, 0.3) is 21.7 Å². The summed E-state index contributed by atoms with van der Waals surface area (Å²) in [6.45, 7) is 0. The second-order valence-electron chi connectivity index (χ2n) is 3.22. The Bertz CT molecular complexity index is 613. The van der Waals surface area contributed by atoms with Gasteiger partial charge in [0.2, 0.25) is 0 Å². The number of aromatic nitrogens is 1. The Balaban J connectivity index is 2.60.